The first-order valence-corrected chi connectivity index (χ1v) is 7.67. The average molecular weight is 271 g/mol. The molecule has 0 amide bonds. The molecule has 1 saturated carbocycles. The van der Waals surface area contributed by atoms with Crippen molar-refractivity contribution >= 4 is 0 Å². The number of aliphatic hydroxyl groups is 1. The second-order valence-electron chi connectivity index (χ2n) is 6.70. The minimum Gasteiger partial charge on any atom is -0.394 e. The van der Waals surface area contributed by atoms with Gasteiger partial charge < -0.3 is 20.2 Å². The molecule has 0 spiro atoms. The van der Waals surface area contributed by atoms with E-state index in [1.54, 1.807) is 0 Å². The smallest absolute Gasteiger partial charge is 0.0610 e. The molecule has 114 valence electrons. The van der Waals surface area contributed by atoms with Gasteiger partial charge in [-0.2, -0.15) is 0 Å². The Balaban J connectivity index is 2.09. The van der Waals surface area contributed by atoms with E-state index in [1.807, 2.05) is 0 Å². The lowest BCUT2D eigenvalue weighted by Crippen LogP contribution is -2.47. The molecule has 0 aromatic heterocycles. The second kappa shape index (κ2) is 8.20. The van der Waals surface area contributed by atoms with Gasteiger partial charge in [-0.3, -0.25) is 0 Å². The van der Waals surface area contributed by atoms with Crippen LogP contribution >= 0.6 is 0 Å². The molecule has 0 aliphatic heterocycles. The second-order valence-corrected chi connectivity index (χ2v) is 6.70. The van der Waals surface area contributed by atoms with E-state index in [-0.39, 0.29) is 12.1 Å². The molecular weight excluding hydrogens is 238 g/mol. The lowest BCUT2D eigenvalue weighted by atomic mass is 9.96. The molecule has 4 heteroatoms. The number of rotatable bonds is 11. The van der Waals surface area contributed by atoms with Crippen molar-refractivity contribution in [2.75, 3.05) is 47.4 Å². The highest BCUT2D eigenvalue weighted by molar-refractivity contribution is 4.92. The van der Waals surface area contributed by atoms with Crippen LogP contribution < -0.4 is 5.32 Å². The van der Waals surface area contributed by atoms with Gasteiger partial charge in [0.25, 0.3) is 0 Å². The van der Waals surface area contributed by atoms with E-state index in [9.17, 15) is 5.11 Å². The van der Waals surface area contributed by atoms with Crippen molar-refractivity contribution in [1.29, 1.82) is 0 Å². The third-order valence-electron chi connectivity index (χ3n) is 3.89. The normalized spacial score (nSPS) is 19.1. The van der Waals surface area contributed by atoms with Crippen LogP contribution in [-0.4, -0.2) is 73.9 Å². The fourth-order valence-electron chi connectivity index (χ4n) is 2.43. The van der Waals surface area contributed by atoms with Crippen LogP contribution in [-0.2, 0) is 0 Å². The Morgan fingerprint density at radius 3 is 2.26 bits per heavy atom. The fraction of sp³-hybridized carbons (Fsp3) is 1.00. The van der Waals surface area contributed by atoms with Crippen molar-refractivity contribution < 1.29 is 5.11 Å². The molecule has 4 nitrogen and oxygen atoms in total. The molecule has 1 atom stereocenters. The topological polar surface area (TPSA) is 38.7 Å². The molecule has 0 heterocycles. The molecule has 0 bridgehead atoms. The number of nitrogens with zero attached hydrogens (tertiary/aromatic N) is 2. The molecule has 1 rings (SSSR count). The Kier molecular flexibility index (Phi) is 7.29. The predicted molar refractivity (Wildman–Crippen MR) is 81.6 cm³/mol. The Morgan fingerprint density at radius 2 is 1.74 bits per heavy atom. The van der Waals surface area contributed by atoms with Gasteiger partial charge in [-0.1, -0.05) is 0 Å². The molecule has 1 fully saturated rings. The summed E-state index contributed by atoms with van der Waals surface area (Å²) in [6, 6.07) is 0.662. The third-order valence-corrected chi connectivity index (χ3v) is 3.89. The zero-order valence-corrected chi connectivity index (χ0v) is 13.3. The van der Waals surface area contributed by atoms with Crippen LogP contribution in [0.15, 0.2) is 0 Å². The maximum atomic E-state index is 9.55. The standard InChI is InChI=1S/C15H33N3O/c1-15(13-19,16-14-7-8-14)9-5-11-18(4)12-6-10-17(2)3/h14,16,19H,5-13H2,1-4H3. The van der Waals surface area contributed by atoms with Crippen LogP contribution in [0.2, 0.25) is 0 Å². The van der Waals surface area contributed by atoms with Crippen molar-refractivity contribution in [3.63, 3.8) is 0 Å². The minimum absolute atomic E-state index is 0.0777. The van der Waals surface area contributed by atoms with Gasteiger partial charge in [-0.15, -0.1) is 0 Å². The summed E-state index contributed by atoms with van der Waals surface area (Å²) in [5.74, 6) is 0. The number of hydrogen-bond acceptors (Lipinski definition) is 4. The van der Waals surface area contributed by atoms with Gasteiger partial charge in [0.05, 0.1) is 6.61 Å². The highest BCUT2D eigenvalue weighted by Gasteiger charge is 2.31. The Morgan fingerprint density at radius 1 is 1.11 bits per heavy atom. The molecule has 19 heavy (non-hydrogen) atoms. The van der Waals surface area contributed by atoms with Gasteiger partial charge in [-0.05, 0) is 79.8 Å². The first-order valence-electron chi connectivity index (χ1n) is 7.67. The van der Waals surface area contributed by atoms with Crippen molar-refractivity contribution in [1.82, 2.24) is 15.1 Å². The Hall–Kier alpha value is -0.160. The summed E-state index contributed by atoms with van der Waals surface area (Å²) in [5.41, 5.74) is -0.0777. The van der Waals surface area contributed by atoms with Gasteiger partial charge in [0.2, 0.25) is 0 Å². The van der Waals surface area contributed by atoms with Gasteiger partial charge in [0.15, 0.2) is 0 Å². The van der Waals surface area contributed by atoms with Crippen LogP contribution in [0.4, 0.5) is 0 Å². The third kappa shape index (κ3) is 7.88. The van der Waals surface area contributed by atoms with Crippen LogP contribution in [0.25, 0.3) is 0 Å². The largest absolute Gasteiger partial charge is 0.394 e. The van der Waals surface area contributed by atoms with E-state index in [0.717, 1.165) is 32.5 Å². The zero-order chi connectivity index (χ0) is 14.3. The maximum Gasteiger partial charge on any atom is 0.0610 e. The van der Waals surface area contributed by atoms with Gasteiger partial charge >= 0.3 is 0 Å². The van der Waals surface area contributed by atoms with Crippen molar-refractivity contribution in [2.45, 2.75) is 50.6 Å². The summed E-state index contributed by atoms with van der Waals surface area (Å²) in [6.45, 7) is 5.83. The quantitative estimate of drug-likeness (QED) is 0.591. The SMILES string of the molecule is CN(C)CCCN(C)CCCC(C)(CO)NC1CC1. The monoisotopic (exact) mass is 271 g/mol. The molecule has 0 aromatic rings. The highest BCUT2D eigenvalue weighted by atomic mass is 16.3. The van der Waals surface area contributed by atoms with Gasteiger partial charge in [-0.25, -0.2) is 0 Å². The van der Waals surface area contributed by atoms with E-state index in [2.05, 4.69) is 43.2 Å². The minimum atomic E-state index is -0.0777. The number of nitrogens with one attached hydrogen (secondary N) is 1. The molecular formula is C15H33N3O. The fourth-order valence-corrected chi connectivity index (χ4v) is 2.43. The number of aliphatic hydroxyl groups excluding tert-OH is 1. The molecule has 2 N–H and O–H groups in total. The van der Waals surface area contributed by atoms with Crippen LogP contribution in [0.5, 0.6) is 0 Å². The Labute approximate surface area is 119 Å². The summed E-state index contributed by atoms with van der Waals surface area (Å²) >= 11 is 0. The lowest BCUT2D eigenvalue weighted by Gasteiger charge is -2.30. The number of hydrogen-bond donors (Lipinski definition) is 2. The van der Waals surface area contributed by atoms with Crippen LogP contribution in [0.1, 0.15) is 39.0 Å². The summed E-state index contributed by atoms with van der Waals surface area (Å²) < 4.78 is 0. The van der Waals surface area contributed by atoms with Crippen molar-refractivity contribution in [3.8, 4) is 0 Å². The molecule has 0 radical (unpaired) electrons. The zero-order valence-electron chi connectivity index (χ0n) is 13.3. The first-order chi connectivity index (χ1) is 8.95. The predicted octanol–water partition coefficient (Wildman–Crippen LogP) is 1.15. The summed E-state index contributed by atoms with van der Waals surface area (Å²) in [5, 5.41) is 13.1. The van der Waals surface area contributed by atoms with E-state index in [0.29, 0.717) is 6.04 Å². The van der Waals surface area contributed by atoms with Gasteiger partial charge in [0, 0.05) is 11.6 Å². The van der Waals surface area contributed by atoms with Crippen LogP contribution in [0.3, 0.4) is 0 Å². The summed E-state index contributed by atoms with van der Waals surface area (Å²) in [6.07, 6.45) is 5.98. The van der Waals surface area contributed by atoms with Crippen molar-refractivity contribution in [3.05, 3.63) is 0 Å². The van der Waals surface area contributed by atoms with Gasteiger partial charge in [0.1, 0.15) is 0 Å². The van der Waals surface area contributed by atoms with Crippen LogP contribution in [0, 0.1) is 0 Å². The van der Waals surface area contributed by atoms with E-state index in [1.165, 1.54) is 19.3 Å². The Bertz CT molecular complexity index is 244. The van der Waals surface area contributed by atoms with E-state index >= 15 is 0 Å². The summed E-state index contributed by atoms with van der Waals surface area (Å²) in [4.78, 5) is 4.63. The molecule has 1 aliphatic rings. The maximum absolute atomic E-state index is 9.55. The molecule has 0 aromatic carbocycles. The van der Waals surface area contributed by atoms with E-state index < -0.39 is 0 Å². The summed E-state index contributed by atoms with van der Waals surface area (Å²) in [7, 11) is 6.44. The van der Waals surface area contributed by atoms with E-state index in [4.69, 9.17) is 0 Å². The lowest BCUT2D eigenvalue weighted by molar-refractivity contribution is 0.156. The molecule has 0 saturated heterocycles. The molecule has 1 unspecified atom stereocenters. The first kappa shape index (κ1) is 16.9. The highest BCUT2D eigenvalue weighted by Crippen LogP contribution is 2.24. The average Bonchev–Trinajstić information content (AvgIpc) is 3.12. The molecule has 1 aliphatic carbocycles. The van der Waals surface area contributed by atoms with Crippen molar-refractivity contribution in [2.24, 2.45) is 0 Å².